The molecule has 2 aromatic carbocycles. The predicted octanol–water partition coefficient (Wildman–Crippen LogP) is 4.53. The van der Waals surface area contributed by atoms with Gasteiger partial charge in [-0.15, -0.1) is 13.2 Å². The molecule has 162 valence electrons. The van der Waals surface area contributed by atoms with Crippen LogP contribution >= 0.6 is 0 Å². The minimum absolute atomic E-state index is 0.0574. The van der Waals surface area contributed by atoms with Crippen molar-refractivity contribution in [3.05, 3.63) is 54.4 Å². The number of hydrogen-bond donors (Lipinski definition) is 2. The SMILES string of the molecule is CC(C)(CO)n1cc(-c2ccc3c(c2)C(=O)Nc2cc(OC(F)(F)F)ccc2O3)cn1. The molecule has 1 amide bonds. The lowest BCUT2D eigenvalue weighted by Crippen LogP contribution is -2.30. The van der Waals surface area contributed by atoms with Crippen LogP contribution < -0.4 is 14.8 Å². The second-order valence-corrected chi connectivity index (χ2v) is 7.62. The summed E-state index contributed by atoms with van der Waals surface area (Å²) in [6, 6.07) is 8.40. The number of carbonyl (C=O) groups excluding carboxylic acids is 1. The van der Waals surface area contributed by atoms with Gasteiger partial charge in [0, 0.05) is 17.8 Å². The average Bonchev–Trinajstić information content (AvgIpc) is 3.15. The maximum Gasteiger partial charge on any atom is 0.573 e. The molecule has 1 aromatic heterocycles. The van der Waals surface area contributed by atoms with Crippen LogP contribution in [0.15, 0.2) is 48.8 Å². The molecule has 3 aromatic rings. The summed E-state index contributed by atoms with van der Waals surface area (Å²) < 4.78 is 48.7. The number of amides is 1. The number of anilines is 1. The Morgan fingerprint density at radius 1 is 1.13 bits per heavy atom. The molecule has 0 radical (unpaired) electrons. The number of rotatable bonds is 4. The first-order chi connectivity index (χ1) is 14.6. The van der Waals surface area contributed by atoms with Crippen molar-refractivity contribution in [3.8, 4) is 28.4 Å². The summed E-state index contributed by atoms with van der Waals surface area (Å²) in [6.45, 7) is 3.55. The molecule has 0 aliphatic carbocycles. The van der Waals surface area contributed by atoms with Crippen molar-refractivity contribution in [2.24, 2.45) is 0 Å². The highest BCUT2D eigenvalue weighted by Crippen LogP contribution is 2.40. The number of halogens is 3. The number of ether oxygens (including phenoxy) is 2. The fraction of sp³-hybridized carbons (Fsp3) is 0.238. The third-order valence-electron chi connectivity index (χ3n) is 4.80. The maximum atomic E-state index is 12.8. The molecule has 0 atom stereocenters. The first-order valence-electron chi connectivity index (χ1n) is 9.25. The zero-order valence-electron chi connectivity index (χ0n) is 16.5. The third-order valence-corrected chi connectivity index (χ3v) is 4.80. The number of fused-ring (bicyclic) bond motifs is 2. The zero-order valence-corrected chi connectivity index (χ0v) is 16.5. The van der Waals surface area contributed by atoms with Crippen LogP contribution in [-0.4, -0.2) is 33.8 Å². The van der Waals surface area contributed by atoms with Crippen molar-refractivity contribution in [1.82, 2.24) is 9.78 Å². The molecule has 1 aliphatic heterocycles. The summed E-state index contributed by atoms with van der Waals surface area (Å²) in [7, 11) is 0. The molecule has 7 nitrogen and oxygen atoms in total. The van der Waals surface area contributed by atoms with Crippen molar-refractivity contribution < 1.29 is 32.5 Å². The van der Waals surface area contributed by atoms with Crippen molar-refractivity contribution in [3.63, 3.8) is 0 Å². The van der Waals surface area contributed by atoms with Crippen molar-refractivity contribution >= 4 is 11.6 Å². The second-order valence-electron chi connectivity index (χ2n) is 7.62. The molecular formula is C21H18F3N3O4. The molecule has 0 saturated carbocycles. The number of benzene rings is 2. The third kappa shape index (κ3) is 4.19. The largest absolute Gasteiger partial charge is 0.573 e. The Morgan fingerprint density at radius 2 is 1.87 bits per heavy atom. The number of alkyl halides is 3. The molecule has 0 saturated heterocycles. The van der Waals surface area contributed by atoms with Gasteiger partial charge in [-0.2, -0.15) is 5.10 Å². The smallest absolute Gasteiger partial charge is 0.454 e. The Hall–Kier alpha value is -3.53. The van der Waals surface area contributed by atoms with E-state index < -0.39 is 23.6 Å². The Bertz CT molecular complexity index is 1160. The van der Waals surface area contributed by atoms with Crippen LogP contribution in [0.3, 0.4) is 0 Å². The molecule has 10 heteroatoms. The van der Waals surface area contributed by atoms with Gasteiger partial charge in [0.1, 0.15) is 11.5 Å². The predicted molar refractivity (Wildman–Crippen MR) is 105 cm³/mol. The average molecular weight is 433 g/mol. The van der Waals surface area contributed by atoms with E-state index in [1.54, 1.807) is 35.3 Å². The van der Waals surface area contributed by atoms with Crippen LogP contribution in [0.5, 0.6) is 17.2 Å². The highest BCUT2D eigenvalue weighted by molar-refractivity contribution is 6.08. The van der Waals surface area contributed by atoms with Crippen LogP contribution in [0.1, 0.15) is 24.2 Å². The molecule has 0 fully saturated rings. The number of aliphatic hydroxyl groups excluding tert-OH is 1. The molecule has 0 spiro atoms. The minimum Gasteiger partial charge on any atom is -0.454 e. The molecular weight excluding hydrogens is 415 g/mol. The lowest BCUT2D eigenvalue weighted by molar-refractivity contribution is -0.274. The van der Waals surface area contributed by atoms with E-state index in [2.05, 4.69) is 15.2 Å². The topological polar surface area (TPSA) is 85.6 Å². The molecule has 0 unspecified atom stereocenters. The van der Waals surface area contributed by atoms with E-state index in [1.165, 1.54) is 6.07 Å². The van der Waals surface area contributed by atoms with Gasteiger partial charge in [-0.25, -0.2) is 0 Å². The van der Waals surface area contributed by atoms with Crippen molar-refractivity contribution in [2.75, 3.05) is 11.9 Å². The fourth-order valence-corrected chi connectivity index (χ4v) is 3.05. The first-order valence-corrected chi connectivity index (χ1v) is 9.25. The Morgan fingerprint density at radius 3 is 2.58 bits per heavy atom. The first kappa shape index (κ1) is 20.7. The van der Waals surface area contributed by atoms with Gasteiger partial charge in [0.15, 0.2) is 5.75 Å². The summed E-state index contributed by atoms with van der Waals surface area (Å²) in [6.07, 6.45) is -1.48. The van der Waals surface area contributed by atoms with E-state index in [0.717, 1.165) is 17.7 Å². The molecule has 31 heavy (non-hydrogen) atoms. The number of carbonyl (C=O) groups is 1. The van der Waals surface area contributed by atoms with E-state index in [9.17, 15) is 23.1 Å². The van der Waals surface area contributed by atoms with Crippen LogP contribution in [-0.2, 0) is 5.54 Å². The number of nitrogens with one attached hydrogen (secondary N) is 1. The highest BCUT2D eigenvalue weighted by Gasteiger charge is 2.32. The lowest BCUT2D eigenvalue weighted by Gasteiger charge is -2.22. The van der Waals surface area contributed by atoms with E-state index >= 15 is 0 Å². The normalized spacial score (nSPS) is 13.5. The van der Waals surface area contributed by atoms with Crippen LogP contribution in [0, 0.1) is 0 Å². The van der Waals surface area contributed by atoms with Crippen LogP contribution in [0.25, 0.3) is 11.1 Å². The number of aromatic nitrogens is 2. The summed E-state index contributed by atoms with van der Waals surface area (Å²) >= 11 is 0. The summed E-state index contributed by atoms with van der Waals surface area (Å²) in [5.74, 6) is -0.567. The van der Waals surface area contributed by atoms with Crippen LogP contribution in [0.4, 0.5) is 18.9 Å². The molecule has 1 aliphatic rings. The van der Waals surface area contributed by atoms with Gasteiger partial charge in [-0.05, 0) is 43.7 Å². The number of nitrogens with zero attached hydrogens (tertiary/aromatic N) is 2. The Labute approximate surface area is 175 Å². The number of hydrogen-bond acceptors (Lipinski definition) is 5. The molecule has 4 rings (SSSR count). The minimum atomic E-state index is -4.85. The van der Waals surface area contributed by atoms with E-state index in [-0.39, 0.29) is 29.4 Å². The standard InChI is InChI=1S/C21H18F3N3O4/c1-20(2,11-28)27-10-13(9-25-27)12-3-5-17-15(7-12)19(29)26-16-8-14(31-21(22,23)24)4-6-18(16)30-17/h3-10,28H,11H2,1-2H3,(H,26,29). The molecule has 0 bridgehead atoms. The summed E-state index contributed by atoms with van der Waals surface area (Å²) in [5, 5.41) is 16.3. The monoisotopic (exact) mass is 433 g/mol. The van der Waals surface area contributed by atoms with Gasteiger partial charge in [0.2, 0.25) is 0 Å². The summed E-state index contributed by atoms with van der Waals surface area (Å²) in [4.78, 5) is 12.8. The van der Waals surface area contributed by atoms with Gasteiger partial charge in [0.25, 0.3) is 5.91 Å². The quantitative estimate of drug-likeness (QED) is 0.631. The van der Waals surface area contributed by atoms with Gasteiger partial charge >= 0.3 is 6.36 Å². The van der Waals surface area contributed by atoms with Gasteiger partial charge in [0.05, 0.1) is 29.6 Å². The molecule has 2 heterocycles. The summed E-state index contributed by atoms with van der Waals surface area (Å²) in [5.41, 5.74) is 1.08. The van der Waals surface area contributed by atoms with Crippen LogP contribution in [0.2, 0.25) is 0 Å². The highest BCUT2D eigenvalue weighted by atomic mass is 19.4. The lowest BCUT2D eigenvalue weighted by atomic mass is 10.0. The van der Waals surface area contributed by atoms with E-state index in [0.29, 0.717) is 5.56 Å². The van der Waals surface area contributed by atoms with Crippen molar-refractivity contribution in [1.29, 1.82) is 0 Å². The Balaban J connectivity index is 1.65. The zero-order chi connectivity index (χ0) is 22.4. The van der Waals surface area contributed by atoms with E-state index in [4.69, 9.17) is 4.74 Å². The second kappa shape index (κ2) is 7.31. The van der Waals surface area contributed by atoms with Crippen molar-refractivity contribution in [2.45, 2.75) is 25.7 Å². The Kier molecular flexibility index (Phi) is 4.89. The maximum absolute atomic E-state index is 12.8. The number of aliphatic hydroxyl groups is 1. The van der Waals surface area contributed by atoms with E-state index in [1.807, 2.05) is 13.8 Å². The van der Waals surface area contributed by atoms with Gasteiger partial charge in [-0.3, -0.25) is 9.48 Å². The van der Waals surface area contributed by atoms with Gasteiger partial charge in [-0.1, -0.05) is 6.07 Å². The fourth-order valence-electron chi connectivity index (χ4n) is 3.05. The molecule has 2 N–H and O–H groups in total. The van der Waals surface area contributed by atoms with Gasteiger partial charge < -0.3 is 19.9 Å².